The number of benzene rings is 1. The van der Waals surface area contributed by atoms with Crippen molar-refractivity contribution in [2.45, 2.75) is 19.9 Å². The first-order chi connectivity index (χ1) is 10.1. The molecule has 1 aromatic carbocycles. The molecular formula is C16H20N2O3. The molecule has 5 heteroatoms. The molecule has 0 amide bonds. The molecule has 2 N–H and O–H groups in total. The van der Waals surface area contributed by atoms with Gasteiger partial charge in [0.1, 0.15) is 0 Å². The first kappa shape index (κ1) is 15.0. The monoisotopic (exact) mass is 288 g/mol. The number of nitrogens with zero attached hydrogens (tertiary/aromatic N) is 1. The van der Waals surface area contributed by atoms with Crippen molar-refractivity contribution in [1.29, 1.82) is 0 Å². The van der Waals surface area contributed by atoms with Crippen LogP contribution >= 0.6 is 0 Å². The summed E-state index contributed by atoms with van der Waals surface area (Å²) in [4.78, 5) is 11.6. The lowest BCUT2D eigenvalue weighted by Gasteiger charge is -2.12. The molecule has 0 unspecified atom stereocenters. The van der Waals surface area contributed by atoms with E-state index in [1.807, 2.05) is 25.1 Å². The molecule has 0 bridgehead atoms. The molecule has 0 aliphatic heterocycles. The number of aromatic nitrogens is 1. The summed E-state index contributed by atoms with van der Waals surface area (Å²) in [5.41, 5.74) is 7.30. The van der Waals surface area contributed by atoms with Crippen LogP contribution in [0.5, 0.6) is 11.5 Å². The van der Waals surface area contributed by atoms with Crippen LogP contribution < -0.4 is 20.8 Å². The summed E-state index contributed by atoms with van der Waals surface area (Å²) in [5, 5.41) is 0. The molecule has 0 fully saturated rings. The number of hydrogen-bond donors (Lipinski definition) is 1. The van der Waals surface area contributed by atoms with E-state index in [0.29, 0.717) is 31.0 Å². The molecule has 0 radical (unpaired) electrons. The summed E-state index contributed by atoms with van der Waals surface area (Å²) in [7, 11) is 1.62. The van der Waals surface area contributed by atoms with Gasteiger partial charge >= 0.3 is 0 Å². The highest BCUT2D eigenvalue weighted by molar-refractivity contribution is 5.42. The van der Waals surface area contributed by atoms with Crippen LogP contribution in [0.15, 0.2) is 41.3 Å². The van der Waals surface area contributed by atoms with E-state index >= 15 is 0 Å². The Balaban J connectivity index is 1.90. The van der Waals surface area contributed by atoms with Crippen molar-refractivity contribution >= 4 is 5.69 Å². The Morgan fingerprint density at radius 2 is 2.00 bits per heavy atom. The number of methoxy groups -OCH3 is 1. The molecule has 21 heavy (non-hydrogen) atoms. The summed E-state index contributed by atoms with van der Waals surface area (Å²) >= 11 is 0. The Bertz CT molecular complexity index is 665. The molecule has 0 saturated heterocycles. The summed E-state index contributed by atoms with van der Waals surface area (Å²) in [6, 6.07) is 8.87. The zero-order valence-electron chi connectivity index (χ0n) is 12.3. The second-order valence-electron chi connectivity index (χ2n) is 4.85. The fourth-order valence-corrected chi connectivity index (χ4v) is 2.04. The van der Waals surface area contributed by atoms with E-state index in [9.17, 15) is 4.79 Å². The molecule has 0 saturated carbocycles. The van der Waals surface area contributed by atoms with Crippen molar-refractivity contribution < 1.29 is 9.47 Å². The third kappa shape index (κ3) is 4.02. The zero-order chi connectivity index (χ0) is 15.2. The first-order valence-corrected chi connectivity index (χ1v) is 6.83. The van der Waals surface area contributed by atoms with Crippen LogP contribution in [-0.4, -0.2) is 18.3 Å². The smallest absolute Gasteiger partial charge is 0.250 e. The number of nitrogens with two attached hydrogens (primary N) is 1. The molecule has 112 valence electrons. The highest BCUT2D eigenvalue weighted by Crippen LogP contribution is 2.27. The largest absolute Gasteiger partial charge is 0.493 e. The summed E-state index contributed by atoms with van der Waals surface area (Å²) in [6.45, 7) is 3.07. The van der Waals surface area contributed by atoms with E-state index in [0.717, 1.165) is 11.3 Å². The summed E-state index contributed by atoms with van der Waals surface area (Å²) < 4.78 is 12.6. The molecule has 0 aliphatic rings. The maximum atomic E-state index is 11.6. The lowest BCUT2D eigenvalue weighted by atomic mass is 10.2. The van der Waals surface area contributed by atoms with Crippen LogP contribution in [-0.2, 0) is 6.54 Å². The van der Waals surface area contributed by atoms with E-state index in [2.05, 4.69) is 0 Å². The first-order valence-electron chi connectivity index (χ1n) is 6.83. The normalized spacial score (nSPS) is 10.4. The van der Waals surface area contributed by atoms with Crippen LogP contribution in [0.4, 0.5) is 5.69 Å². The van der Waals surface area contributed by atoms with Gasteiger partial charge in [0.05, 0.1) is 13.7 Å². The minimum atomic E-state index is -0.0582. The Morgan fingerprint density at radius 3 is 2.76 bits per heavy atom. The number of hydrogen-bond acceptors (Lipinski definition) is 4. The van der Waals surface area contributed by atoms with Crippen molar-refractivity contribution in [2.75, 3.05) is 19.5 Å². The molecule has 1 heterocycles. The predicted molar refractivity (Wildman–Crippen MR) is 83.0 cm³/mol. The van der Waals surface area contributed by atoms with Gasteiger partial charge in [-0.25, -0.2) is 0 Å². The Labute approximate surface area is 123 Å². The van der Waals surface area contributed by atoms with Crippen LogP contribution in [0.25, 0.3) is 0 Å². The highest BCUT2D eigenvalue weighted by Gasteiger charge is 2.04. The van der Waals surface area contributed by atoms with E-state index in [1.54, 1.807) is 23.9 Å². The quantitative estimate of drug-likeness (QED) is 0.828. The average molecular weight is 288 g/mol. The van der Waals surface area contributed by atoms with Gasteiger partial charge in [-0.15, -0.1) is 0 Å². The summed E-state index contributed by atoms with van der Waals surface area (Å²) in [6.07, 6.45) is 2.36. The maximum absolute atomic E-state index is 11.6. The van der Waals surface area contributed by atoms with Crippen LogP contribution in [0.1, 0.15) is 12.0 Å². The van der Waals surface area contributed by atoms with Gasteiger partial charge < -0.3 is 19.8 Å². The Hall–Kier alpha value is -2.43. The minimum Gasteiger partial charge on any atom is -0.493 e. The van der Waals surface area contributed by atoms with Crippen molar-refractivity contribution in [2.24, 2.45) is 0 Å². The van der Waals surface area contributed by atoms with Crippen molar-refractivity contribution in [3.63, 3.8) is 0 Å². The topological polar surface area (TPSA) is 66.5 Å². The molecule has 0 spiro atoms. The minimum absolute atomic E-state index is 0.0582. The van der Waals surface area contributed by atoms with E-state index < -0.39 is 0 Å². The van der Waals surface area contributed by atoms with Gasteiger partial charge in [0.25, 0.3) is 5.56 Å². The van der Waals surface area contributed by atoms with E-state index in [4.69, 9.17) is 15.2 Å². The average Bonchev–Trinajstić information content (AvgIpc) is 2.48. The van der Waals surface area contributed by atoms with Gasteiger partial charge in [-0.2, -0.15) is 0 Å². The molecular weight excluding hydrogens is 268 g/mol. The fraction of sp³-hybridized carbons (Fsp3) is 0.312. The molecule has 5 nitrogen and oxygen atoms in total. The number of aryl methyl sites for hydroxylation is 2. The highest BCUT2D eigenvalue weighted by atomic mass is 16.5. The van der Waals surface area contributed by atoms with Gasteiger partial charge in [-0.3, -0.25) is 4.79 Å². The lowest BCUT2D eigenvalue weighted by Crippen LogP contribution is -2.20. The van der Waals surface area contributed by atoms with Gasteiger partial charge in [-0.1, -0.05) is 6.07 Å². The lowest BCUT2D eigenvalue weighted by molar-refractivity contribution is 0.282. The number of anilines is 1. The second-order valence-corrected chi connectivity index (χ2v) is 4.85. The van der Waals surface area contributed by atoms with E-state index in [-0.39, 0.29) is 5.56 Å². The third-order valence-corrected chi connectivity index (χ3v) is 3.13. The molecule has 2 rings (SSSR count). The van der Waals surface area contributed by atoms with Crippen molar-refractivity contribution in [3.8, 4) is 11.5 Å². The fourth-order valence-electron chi connectivity index (χ4n) is 2.04. The number of rotatable bonds is 6. The maximum Gasteiger partial charge on any atom is 0.250 e. The standard InChI is InChI=1S/C16H20N2O3/c1-12-4-6-14(15(10-12)20-2)21-9-3-8-18-11-13(17)5-7-16(18)19/h4-7,10-11H,3,8-9,17H2,1-2H3. The Kier molecular flexibility index (Phi) is 4.87. The zero-order valence-corrected chi connectivity index (χ0v) is 12.3. The van der Waals surface area contributed by atoms with Gasteiger partial charge in [0.2, 0.25) is 0 Å². The molecule has 0 atom stereocenters. The molecule has 1 aromatic heterocycles. The van der Waals surface area contributed by atoms with Crippen molar-refractivity contribution in [1.82, 2.24) is 4.57 Å². The predicted octanol–water partition coefficient (Wildman–Crippen LogP) is 2.22. The van der Waals surface area contributed by atoms with Crippen LogP contribution in [0.2, 0.25) is 0 Å². The summed E-state index contributed by atoms with van der Waals surface area (Å²) in [5.74, 6) is 1.43. The van der Waals surface area contributed by atoms with E-state index in [1.165, 1.54) is 6.07 Å². The van der Waals surface area contributed by atoms with Gasteiger partial charge in [0.15, 0.2) is 11.5 Å². The second kappa shape index (κ2) is 6.83. The molecule has 2 aromatic rings. The SMILES string of the molecule is COc1cc(C)ccc1OCCCn1cc(N)ccc1=O. The van der Waals surface area contributed by atoms with Crippen molar-refractivity contribution in [3.05, 3.63) is 52.4 Å². The Morgan fingerprint density at radius 1 is 1.19 bits per heavy atom. The van der Waals surface area contributed by atoms with Gasteiger partial charge in [-0.05, 0) is 37.1 Å². The number of nitrogen functional groups attached to an aromatic ring is 1. The number of pyridine rings is 1. The number of ether oxygens (including phenoxy) is 2. The van der Waals surface area contributed by atoms with Gasteiger partial charge in [0, 0.05) is 24.5 Å². The van der Waals surface area contributed by atoms with Crippen LogP contribution in [0, 0.1) is 6.92 Å². The molecule has 0 aliphatic carbocycles. The third-order valence-electron chi connectivity index (χ3n) is 3.13. The van der Waals surface area contributed by atoms with Crippen LogP contribution in [0.3, 0.4) is 0 Å².